The lowest BCUT2D eigenvalue weighted by Crippen LogP contribution is -2.51. The molecule has 0 heterocycles. The van der Waals surface area contributed by atoms with Gasteiger partial charge < -0.3 is 10.2 Å². The third-order valence-electron chi connectivity index (χ3n) is 5.91. The molecule has 3 rings (SSSR count). The highest BCUT2D eigenvalue weighted by Crippen LogP contribution is 2.25. The zero-order valence-electron chi connectivity index (χ0n) is 21.2. The predicted molar refractivity (Wildman–Crippen MR) is 147 cm³/mol. The molecular weight excluding hydrogens is 510 g/mol. The minimum absolute atomic E-state index is 0.0766. The first-order valence-corrected chi connectivity index (χ1v) is 13.9. The van der Waals surface area contributed by atoms with Gasteiger partial charge in [-0.25, -0.2) is 8.42 Å². The van der Waals surface area contributed by atoms with Gasteiger partial charge in [-0.3, -0.25) is 13.9 Å². The fourth-order valence-electron chi connectivity index (χ4n) is 3.73. The molecule has 1 atom stereocenters. The number of carbonyl (C=O) groups excluding carboxylic acids is 2. The van der Waals surface area contributed by atoms with Gasteiger partial charge in [0.05, 0.1) is 10.6 Å². The highest BCUT2D eigenvalue weighted by Gasteiger charge is 2.32. The maximum Gasteiger partial charge on any atom is 0.264 e. The second kappa shape index (κ2) is 12.7. The Balaban J connectivity index is 1.98. The van der Waals surface area contributed by atoms with Gasteiger partial charge in [0.25, 0.3) is 10.0 Å². The molecule has 0 saturated heterocycles. The summed E-state index contributed by atoms with van der Waals surface area (Å²) in [5, 5.41) is 3.37. The van der Waals surface area contributed by atoms with Crippen LogP contribution in [0.15, 0.2) is 83.8 Å². The summed E-state index contributed by atoms with van der Waals surface area (Å²) < 4.78 is 28.5. The van der Waals surface area contributed by atoms with Crippen molar-refractivity contribution >= 4 is 39.1 Å². The zero-order chi connectivity index (χ0) is 27.0. The molecule has 0 saturated carbocycles. The van der Waals surface area contributed by atoms with E-state index in [0.717, 1.165) is 21.9 Å². The summed E-state index contributed by atoms with van der Waals surface area (Å²) in [6, 6.07) is 21.1. The first-order chi connectivity index (χ1) is 17.6. The second-order valence-electron chi connectivity index (χ2n) is 8.78. The number of amides is 2. The topological polar surface area (TPSA) is 86.8 Å². The fraction of sp³-hybridized carbons (Fsp3) is 0.286. The Morgan fingerprint density at radius 1 is 0.946 bits per heavy atom. The summed E-state index contributed by atoms with van der Waals surface area (Å²) in [7, 11) is -4.07. The average Bonchev–Trinajstić information content (AvgIpc) is 2.90. The van der Waals surface area contributed by atoms with Gasteiger partial charge >= 0.3 is 0 Å². The molecule has 37 heavy (non-hydrogen) atoms. The molecule has 0 aliphatic rings. The number of hydrogen-bond donors (Lipinski definition) is 1. The van der Waals surface area contributed by atoms with Crippen molar-refractivity contribution in [2.24, 2.45) is 0 Å². The molecule has 0 aliphatic heterocycles. The minimum Gasteiger partial charge on any atom is -0.354 e. The van der Waals surface area contributed by atoms with E-state index in [1.807, 2.05) is 13.8 Å². The van der Waals surface area contributed by atoms with E-state index in [0.29, 0.717) is 17.3 Å². The van der Waals surface area contributed by atoms with E-state index in [4.69, 9.17) is 11.6 Å². The number of para-hydroxylation sites is 1. The Morgan fingerprint density at radius 2 is 1.57 bits per heavy atom. The van der Waals surface area contributed by atoms with Crippen LogP contribution in [0.3, 0.4) is 0 Å². The number of halogens is 1. The summed E-state index contributed by atoms with van der Waals surface area (Å²) in [5.41, 5.74) is 2.04. The normalized spacial score (nSPS) is 12.0. The summed E-state index contributed by atoms with van der Waals surface area (Å²) in [6.07, 6.45) is 0.750. The Kier molecular flexibility index (Phi) is 9.72. The Bertz CT molecular complexity index is 1300. The van der Waals surface area contributed by atoms with Gasteiger partial charge in [0.1, 0.15) is 12.6 Å². The van der Waals surface area contributed by atoms with Gasteiger partial charge in [-0.1, -0.05) is 66.6 Å². The number of aryl methyl sites for hydroxylation is 1. The van der Waals surface area contributed by atoms with Crippen molar-refractivity contribution in [1.29, 1.82) is 0 Å². The lowest BCUT2D eigenvalue weighted by atomic mass is 10.1. The third-order valence-corrected chi connectivity index (χ3v) is 7.95. The molecule has 0 radical (unpaired) electrons. The molecular formula is C28H32ClN3O4S. The zero-order valence-corrected chi connectivity index (χ0v) is 22.8. The van der Waals surface area contributed by atoms with Crippen LogP contribution in [-0.2, 0) is 26.2 Å². The lowest BCUT2D eigenvalue weighted by Gasteiger charge is -2.32. The number of carbonyl (C=O) groups is 2. The lowest BCUT2D eigenvalue weighted by molar-refractivity contribution is -0.139. The van der Waals surface area contributed by atoms with Crippen LogP contribution in [0.1, 0.15) is 31.4 Å². The second-order valence-corrected chi connectivity index (χ2v) is 11.1. The Hall–Kier alpha value is -3.36. The molecule has 2 amide bonds. The number of nitrogens with one attached hydrogen (secondary N) is 1. The van der Waals surface area contributed by atoms with E-state index in [-0.39, 0.29) is 17.3 Å². The van der Waals surface area contributed by atoms with E-state index in [1.165, 1.54) is 17.0 Å². The van der Waals surface area contributed by atoms with E-state index in [2.05, 4.69) is 5.32 Å². The Labute approximate surface area is 224 Å². The van der Waals surface area contributed by atoms with Crippen molar-refractivity contribution < 1.29 is 18.0 Å². The molecule has 9 heteroatoms. The van der Waals surface area contributed by atoms with Gasteiger partial charge in [0, 0.05) is 18.1 Å². The number of benzene rings is 3. The number of hydrogen-bond acceptors (Lipinski definition) is 4. The fourth-order valence-corrected chi connectivity index (χ4v) is 5.27. The first kappa shape index (κ1) is 28.2. The first-order valence-electron chi connectivity index (χ1n) is 12.1. The SMILES string of the molecule is CCCNC(=O)C(C)N(Cc1ccc(Cl)cc1)C(=O)CN(c1ccccc1)S(=O)(=O)c1ccc(C)cc1. The van der Waals surface area contributed by atoms with Crippen LogP contribution in [-0.4, -0.2) is 44.3 Å². The molecule has 0 spiro atoms. The standard InChI is InChI=1S/C28H32ClN3O4S/c1-4-18-30-28(34)22(3)31(19-23-12-14-24(29)15-13-23)27(33)20-32(25-8-6-5-7-9-25)37(35,36)26-16-10-21(2)11-17-26/h5-17,22H,4,18-20H2,1-3H3,(H,30,34). The van der Waals surface area contributed by atoms with Crippen molar-refractivity contribution in [2.75, 3.05) is 17.4 Å². The maximum atomic E-state index is 13.8. The molecule has 3 aromatic rings. The molecule has 0 fully saturated rings. The summed E-state index contributed by atoms with van der Waals surface area (Å²) in [5.74, 6) is -0.814. The minimum atomic E-state index is -4.07. The molecule has 3 aromatic carbocycles. The molecule has 1 N–H and O–H groups in total. The van der Waals surface area contributed by atoms with Crippen LogP contribution >= 0.6 is 11.6 Å². The van der Waals surface area contributed by atoms with E-state index < -0.39 is 28.5 Å². The quantitative estimate of drug-likeness (QED) is 0.378. The van der Waals surface area contributed by atoms with Crippen molar-refractivity contribution in [3.05, 3.63) is 95.0 Å². The van der Waals surface area contributed by atoms with E-state index in [1.54, 1.807) is 73.7 Å². The van der Waals surface area contributed by atoms with Gasteiger partial charge in [-0.05, 0) is 62.2 Å². The van der Waals surface area contributed by atoms with Crippen LogP contribution < -0.4 is 9.62 Å². The largest absolute Gasteiger partial charge is 0.354 e. The van der Waals surface area contributed by atoms with Crippen molar-refractivity contribution in [3.63, 3.8) is 0 Å². The predicted octanol–water partition coefficient (Wildman–Crippen LogP) is 4.79. The molecule has 0 bridgehead atoms. The highest BCUT2D eigenvalue weighted by atomic mass is 35.5. The summed E-state index contributed by atoms with van der Waals surface area (Å²) in [4.78, 5) is 28.1. The van der Waals surface area contributed by atoms with Crippen LogP contribution in [0.4, 0.5) is 5.69 Å². The average molecular weight is 542 g/mol. The summed E-state index contributed by atoms with van der Waals surface area (Å²) in [6.45, 7) is 5.57. The highest BCUT2D eigenvalue weighted by molar-refractivity contribution is 7.92. The van der Waals surface area contributed by atoms with Crippen LogP contribution in [0.5, 0.6) is 0 Å². The van der Waals surface area contributed by atoms with Crippen molar-refractivity contribution in [2.45, 2.75) is 44.7 Å². The van der Waals surface area contributed by atoms with E-state index in [9.17, 15) is 18.0 Å². The molecule has 0 aromatic heterocycles. The molecule has 196 valence electrons. The molecule has 0 aliphatic carbocycles. The smallest absolute Gasteiger partial charge is 0.264 e. The number of anilines is 1. The van der Waals surface area contributed by atoms with Crippen LogP contribution in [0, 0.1) is 6.92 Å². The van der Waals surface area contributed by atoms with E-state index >= 15 is 0 Å². The Morgan fingerprint density at radius 3 is 2.16 bits per heavy atom. The van der Waals surface area contributed by atoms with Gasteiger partial charge in [0.15, 0.2) is 0 Å². The van der Waals surface area contributed by atoms with Crippen molar-refractivity contribution in [3.8, 4) is 0 Å². The molecule has 7 nitrogen and oxygen atoms in total. The number of nitrogens with zero attached hydrogens (tertiary/aromatic N) is 2. The molecule has 1 unspecified atom stereocenters. The van der Waals surface area contributed by atoms with Crippen LogP contribution in [0.25, 0.3) is 0 Å². The maximum absolute atomic E-state index is 13.8. The van der Waals surface area contributed by atoms with Crippen LogP contribution in [0.2, 0.25) is 5.02 Å². The van der Waals surface area contributed by atoms with Gasteiger partial charge in [0.2, 0.25) is 11.8 Å². The third kappa shape index (κ3) is 7.33. The van der Waals surface area contributed by atoms with Crippen molar-refractivity contribution in [1.82, 2.24) is 10.2 Å². The number of sulfonamides is 1. The van der Waals surface area contributed by atoms with Gasteiger partial charge in [-0.2, -0.15) is 0 Å². The number of rotatable bonds is 11. The van der Waals surface area contributed by atoms with Gasteiger partial charge in [-0.15, -0.1) is 0 Å². The summed E-state index contributed by atoms with van der Waals surface area (Å²) >= 11 is 6.02. The monoisotopic (exact) mass is 541 g/mol.